The molecule has 2 saturated heterocycles. The van der Waals surface area contributed by atoms with E-state index in [-0.39, 0.29) is 14.9 Å². The molecule has 2 heterocycles. The zero-order valence-corrected chi connectivity index (χ0v) is 23.2. The molecule has 1 aromatic rings. The van der Waals surface area contributed by atoms with E-state index in [0.29, 0.717) is 5.56 Å². The maximum absolute atomic E-state index is 13.5. The Labute approximate surface area is 237 Å². The van der Waals surface area contributed by atoms with E-state index in [1.165, 1.54) is 30.3 Å². The lowest BCUT2D eigenvalue weighted by atomic mass is 9.96. The Balaban J connectivity index is 2.03. The van der Waals surface area contributed by atoms with Gasteiger partial charge in [-0.05, 0) is 23.8 Å². The van der Waals surface area contributed by atoms with Crippen molar-refractivity contribution in [3.05, 3.63) is 44.8 Å². The van der Waals surface area contributed by atoms with Gasteiger partial charge in [0.05, 0.1) is 9.83 Å². The van der Waals surface area contributed by atoms with Gasteiger partial charge in [0, 0.05) is 39.8 Å². The number of rotatable bonds is 8. The average Bonchev–Trinajstić information content (AvgIpc) is 3.12. The fourth-order valence-corrected chi connectivity index (χ4v) is 5.27. The van der Waals surface area contributed by atoms with Crippen molar-refractivity contribution in [3.8, 4) is 0 Å². The number of nitrogens with zero attached hydrogens (tertiary/aromatic N) is 2. The van der Waals surface area contributed by atoms with Crippen molar-refractivity contribution in [2.75, 3.05) is 6.61 Å². The number of carbonyl (C=O) groups excluding carboxylic acids is 5. The van der Waals surface area contributed by atoms with Gasteiger partial charge in [0.2, 0.25) is 0 Å². The molecule has 0 aliphatic carbocycles. The molecule has 0 saturated carbocycles. The lowest BCUT2D eigenvalue weighted by Crippen LogP contribution is -2.66. The van der Waals surface area contributed by atoms with Crippen LogP contribution in [0.25, 0.3) is 6.08 Å². The Hall–Kier alpha value is -3.89. The van der Waals surface area contributed by atoms with Crippen LogP contribution in [-0.2, 0) is 47.7 Å². The Morgan fingerprint density at radius 3 is 2.05 bits per heavy atom. The van der Waals surface area contributed by atoms with Gasteiger partial charge < -0.3 is 23.7 Å². The van der Waals surface area contributed by atoms with Gasteiger partial charge in [-0.15, -0.1) is 0 Å². The minimum Gasteiger partial charge on any atom is -0.463 e. The van der Waals surface area contributed by atoms with Crippen molar-refractivity contribution < 1.29 is 52.6 Å². The summed E-state index contributed by atoms with van der Waals surface area (Å²) in [5.41, 5.74) is 0.329. The van der Waals surface area contributed by atoms with Crippen LogP contribution < -0.4 is 0 Å². The molecule has 214 valence electrons. The predicted molar refractivity (Wildman–Crippen MR) is 140 cm³/mol. The first-order valence-electron chi connectivity index (χ1n) is 11.6. The molecule has 1 amide bonds. The molecule has 0 spiro atoms. The van der Waals surface area contributed by atoms with E-state index in [2.05, 4.69) is 0 Å². The maximum Gasteiger partial charge on any atom is 0.303 e. The van der Waals surface area contributed by atoms with Crippen LogP contribution in [0.15, 0.2) is 29.2 Å². The van der Waals surface area contributed by atoms with E-state index >= 15 is 0 Å². The quantitative estimate of drug-likeness (QED) is 0.106. The number of thioether (sulfide) groups is 1. The molecule has 0 bridgehead atoms. The minimum atomic E-state index is -1.51. The number of amides is 1. The number of thiocarbonyl (C=S) groups is 1. The monoisotopic (exact) mass is 596 g/mol. The van der Waals surface area contributed by atoms with E-state index in [1.54, 1.807) is 0 Å². The molecule has 5 atom stereocenters. The van der Waals surface area contributed by atoms with Crippen molar-refractivity contribution in [1.82, 2.24) is 4.90 Å². The highest BCUT2D eigenvalue weighted by atomic mass is 32.2. The van der Waals surface area contributed by atoms with Crippen molar-refractivity contribution >= 4 is 69.8 Å². The third-order valence-corrected chi connectivity index (χ3v) is 6.78. The predicted octanol–water partition coefficient (Wildman–Crippen LogP) is 1.88. The summed E-state index contributed by atoms with van der Waals surface area (Å²) >= 11 is 6.31. The number of benzene rings is 1. The van der Waals surface area contributed by atoms with Crippen LogP contribution in [0.4, 0.5) is 5.69 Å². The fraction of sp³-hybridized carbons (Fsp3) is 0.417. The summed E-state index contributed by atoms with van der Waals surface area (Å²) in [7, 11) is 0. The number of ether oxygens (including phenoxy) is 5. The van der Waals surface area contributed by atoms with Crippen LogP contribution in [0.5, 0.6) is 0 Å². The van der Waals surface area contributed by atoms with Gasteiger partial charge in [-0.1, -0.05) is 24.0 Å². The van der Waals surface area contributed by atoms with E-state index in [9.17, 15) is 34.1 Å². The summed E-state index contributed by atoms with van der Waals surface area (Å²) in [5, 5.41) is 10.9. The third-order valence-electron chi connectivity index (χ3n) is 5.45. The summed E-state index contributed by atoms with van der Waals surface area (Å²) < 4.78 is 27.2. The second-order valence-electron chi connectivity index (χ2n) is 8.49. The molecule has 2 aliphatic rings. The second kappa shape index (κ2) is 13.0. The molecule has 40 heavy (non-hydrogen) atoms. The standard InChI is InChI=1S/C24H24N2O12S2/c1-11(27)34-10-17-19(35-12(2)28)20(36-13(3)29)21(37-14(4)30)23(38-17)25-22(31)18(40-24(25)39)9-15-5-7-16(8-6-15)26(32)33/h5-9,17,19-21,23H,10H2,1-4H3. The molecule has 0 aromatic heterocycles. The maximum atomic E-state index is 13.5. The Bertz CT molecular complexity index is 1260. The van der Waals surface area contributed by atoms with Crippen LogP contribution in [0, 0.1) is 10.1 Å². The average molecular weight is 597 g/mol. The highest BCUT2D eigenvalue weighted by Gasteiger charge is 2.56. The Kier molecular flexibility index (Phi) is 9.94. The zero-order chi connectivity index (χ0) is 29.7. The second-order valence-corrected chi connectivity index (χ2v) is 10.2. The minimum absolute atomic E-state index is 0.0148. The summed E-state index contributed by atoms with van der Waals surface area (Å²) in [4.78, 5) is 72.6. The fourth-order valence-electron chi connectivity index (χ4n) is 3.96. The van der Waals surface area contributed by atoms with Gasteiger partial charge in [-0.25, -0.2) is 0 Å². The highest BCUT2D eigenvalue weighted by molar-refractivity contribution is 8.26. The lowest BCUT2D eigenvalue weighted by Gasteiger charge is -2.46. The normalized spacial score (nSPS) is 25.4. The first-order chi connectivity index (χ1) is 18.8. The van der Waals surface area contributed by atoms with Gasteiger partial charge in [0.1, 0.15) is 12.7 Å². The van der Waals surface area contributed by atoms with Gasteiger partial charge in [0.25, 0.3) is 11.6 Å². The summed E-state index contributed by atoms with van der Waals surface area (Å²) in [5.74, 6) is -3.81. The number of carbonyl (C=O) groups is 5. The van der Waals surface area contributed by atoms with Crippen LogP contribution in [0.2, 0.25) is 0 Å². The van der Waals surface area contributed by atoms with Crippen molar-refractivity contribution in [2.24, 2.45) is 0 Å². The number of hydrogen-bond donors (Lipinski definition) is 0. The van der Waals surface area contributed by atoms with E-state index in [0.717, 1.165) is 44.4 Å². The number of nitro groups is 1. The molecule has 14 nitrogen and oxygen atoms in total. The molecule has 1 aromatic carbocycles. The van der Waals surface area contributed by atoms with Crippen LogP contribution in [0.3, 0.4) is 0 Å². The molecule has 16 heteroatoms. The van der Waals surface area contributed by atoms with Gasteiger partial charge in [-0.2, -0.15) is 0 Å². The first-order valence-corrected chi connectivity index (χ1v) is 12.8. The van der Waals surface area contributed by atoms with Crippen molar-refractivity contribution in [2.45, 2.75) is 58.3 Å². The molecule has 3 rings (SSSR count). The van der Waals surface area contributed by atoms with Gasteiger partial charge in [-0.3, -0.25) is 39.0 Å². The third kappa shape index (κ3) is 7.40. The molecular formula is C24H24N2O12S2. The van der Waals surface area contributed by atoms with Gasteiger partial charge >= 0.3 is 23.9 Å². The number of hydrogen-bond acceptors (Lipinski definition) is 14. The van der Waals surface area contributed by atoms with Crippen molar-refractivity contribution in [1.29, 1.82) is 0 Å². The Morgan fingerprint density at radius 2 is 1.52 bits per heavy atom. The summed E-state index contributed by atoms with van der Waals surface area (Å²) in [6.45, 7) is 3.91. The largest absolute Gasteiger partial charge is 0.463 e. The molecular weight excluding hydrogens is 572 g/mol. The number of esters is 4. The summed E-state index contributed by atoms with van der Waals surface area (Å²) in [6.07, 6.45) is -5.69. The Morgan fingerprint density at radius 1 is 0.975 bits per heavy atom. The number of non-ortho nitro benzene ring substituents is 1. The van der Waals surface area contributed by atoms with E-state index < -0.39 is 72.0 Å². The molecule has 2 aliphatic heterocycles. The lowest BCUT2D eigenvalue weighted by molar-refractivity contribution is -0.384. The highest BCUT2D eigenvalue weighted by Crippen LogP contribution is 2.39. The molecule has 0 radical (unpaired) electrons. The van der Waals surface area contributed by atoms with Gasteiger partial charge in [0.15, 0.2) is 28.9 Å². The van der Waals surface area contributed by atoms with E-state index in [1.807, 2.05) is 0 Å². The van der Waals surface area contributed by atoms with Crippen LogP contribution >= 0.6 is 24.0 Å². The summed E-state index contributed by atoms with van der Waals surface area (Å²) in [6, 6.07) is 5.43. The van der Waals surface area contributed by atoms with Crippen molar-refractivity contribution in [3.63, 3.8) is 0 Å². The SMILES string of the molecule is CC(=O)OCC1OC(N2C(=O)C(=Cc3ccc([N+](=O)[O-])cc3)SC2=S)C(OC(C)=O)C(OC(C)=O)C1OC(C)=O. The topological polar surface area (TPSA) is 178 Å². The number of nitro benzene ring substituents is 1. The van der Waals surface area contributed by atoms with E-state index in [4.69, 9.17) is 35.9 Å². The van der Waals surface area contributed by atoms with Crippen LogP contribution in [-0.4, -0.2) is 81.2 Å². The zero-order valence-electron chi connectivity index (χ0n) is 21.6. The first kappa shape index (κ1) is 30.6. The molecule has 5 unspecified atom stereocenters. The smallest absolute Gasteiger partial charge is 0.303 e. The molecule has 2 fully saturated rings. The molecule has 0 N–H and O–H groups in total. The van der Waals surface area contributed by atoms with Crippen LogP contribution in [0.1, 0.15) is 33.3 Å².